The normalized spacial score (nSPS) is 27.3. The number of aliphatic carboxylic acids is 1. The minimum absolute atomic E-state index is 0.0371. The van der Waals surface area contributed by atoms with Crippen molar-refractivity contribution in [3.8, 4) is 0 Å². The van der Waals surface area contributed by atoms with E-state index in [1.165, 1.54) is 0 Å². The molecule has 1 saturated carbocycles. The summed E-state index contributed by atoms with van der Waals surface area (Å²) < 4.78 is 5.63. The fourth-order valence-corrected chi connectivity index (χ4v) is 2.86. The molecule has 3 N–H and O–H groups in total. The SMILES string of the molecule is CCOC1CC(N)(C(=O)N(CCC(=O)O)C(C)C)C1(C)C. The van der Waals surface area contributed by atoms with Crippen molar-refractivity contribution in [3.05, 3.63) is 0 Å². The lowest BCUT2D eigenvalue weighted by Crippen LogP contribution is -2.76. The summed E-state index contributed by atoms with van der Waals surface area (Å²) in [6.45, 7) is 10.3. The summed E-state index contributed by atoms with van der Waals surface area (Å²) in [5, 5.41) is 8.83. The van der Waals surface area contributed by atoms with Gasteiger partial charge >= 0.3 is 5.97 Å². The van der Waals surface area contributed by atoms with E-state index < -0.39 is 16.9 Å². The first kappa shape index (κ1) is 17.9. The zero-order chi connectivity index (χ0) is 16.4. The Morgan fingerprint density at radius 2 is 2.00 bits per heavy atom. The lowest BCUT2D eigenvalue weighted by atomic mass is 9.54. The molecule has 1 fully saturated rings. The molecule has 122 valence electrons. The second-order valence-electron chi connectivity index (χ2n) is 6.58. The number of amides is 1. The molecule has 0 aromatic heterocycles. The van der Waals surface area contributed by atoms with Crippen LogP contribution < -0.4 is 5.73 Å². The van der Waals surface area contributed by atoms with E-state index in [0.717, 1.165) is 0 Å². The van der Waals surface area contributed by atoms with E-state index >= 15 is 0 Å². The second-order valence-corrected chi connectivity index (χ2v) is 6.58. The largest absolute Gasteiger partial charge is 0.481 e. The van der Waals surface area contributed by atoms with Crippen LogP contribution in [0, 0.1) is 5.41 Å². The Morgan fingerprint density at radius 3 is 2.38 bits per heavy atom. The topological polar surface area (TPSA) is 92.9 Å². The predicted octanol–water partition coefficient (Wildman–Crippen LogP) is 1.23. The van der Waals surface area contributed by atoms with E-state index in [1.54, 1.807) is 4.90 Å². The fourth-order valence-electron chi connectivity index (χ4n) is 2.86. The lowest BCUT2D eigenvalue weighted by molar-refractivity contribution is -0.180. The quantitative estimate of drug-likeness (QED) is 0.737. The highest BCUT2D eigenvalue weighted by Gasteiger charge is 2.63. The van der Waals surface area contributed by atoms with E-state index in [9.17, 15) is 9.59 Å². The van der Waals surface area contributed by atoms with E-state index in [-0.39, 0.29) is 31.0 Å². The Morgan fingerprint density at radius 1 is 1.43 bits per heavy atom. The molecule has 1 amide bonds. The summed E-state index contributed by atoms with van der Waals surface area (Å²) in [4.78, 5) is 25.1. The minimum atomic E-state index is -0.990. The van der Waals surface area contributed by atoms with Crippen molar-refractivity contribution in [1.82, 2.24) is 4.90 Å². The molecule has 2 unspecified atom stereocenters. The standard InChI is InChI=1S/C15H28N2O4/c1-6-21-11-9-15(16,14(11,4)5)13(20)17(10(2)3)8-7-12(18)19/h10-11H,6-9,16H2,1-5H3,(H,18,19). The van der Waals surface area contributed by atoms with Gasteiger partial charge in [-0.2, -0.15) is 0 Å². The average molecular weight is 300 g/mol. The number of nitrogens with zero attached hydrogens (tertiary/aromatic N) is 1. The van der Waals surface area contributed by atoms with Crippen molar-refractivity contribution in [2.45, 2.75) is 65.1 Å². The van der Waals surface area contributed by atoms with Crippen LogP contribution in [0.3, 0.4) is 0 Å². The molecule has 0 aromatic rings. The summed E-state index contributed by atoms with van der Waals surface area (Å²) in [5.74, 6) is -1.10. The molecule has 0 aromatic carbocycles. The molecule has 0 heterocycles. The molecule has 1 aliphatic carbocycles. The highest BCUT2D eigenvalue weighted by Crippen LogP contribution is 2.50. The fraction of sp³-hybridized carbons (Fsp3) is 0.867. The van der Waals surface area contributed by atoms with Gasteiger partial charge in [0, 0.05) is 31.0 Å². The Hall–Kier alpha value is -1.14. The zero-order valence-corrected chi connectivity index (χ0v) is 13.7. The summed E-state index contributed by atoms with van der Waals surface area (Å²) >= 11 is 0. The summed E-state index contributed by atoms with van der Waals surface area (Å²) in [5.41, 5.74) is 4.92. The number of hydrogen-bond acceptors (Lipinski definition) is 4. The summed E-state index contributed by atoms with van der Waals surface area (Å²) in [6, 6.07) is -0.0841. The van der Waals surface area contributed by atoms with Gasteiger partial charge in [0.1, 0.15) is 5.54 Å². The molecular formula is C15H28N2O4. The van der Waals surface area contributed by atoms with Crippen LogP contribution in [-0.4, -0.2) is 52.7 Å². The first-order chi connectivity index (χ1) is 9.57. The molecule has 0 bridgehead atoms. The van der Waals surface area contributed by atoms with Crippen molar-refractivity contribution >= 4 is 11.9 Å². The van der Waals surface area contributed by atoms with E-state index in [0.29, 0.717) is 13.0 Å². The average Bonchev–Trinajstić information content (AvgIpc) is 2.37. The van der Waals surface area contributed by atoms with Gasteiger partial charge in [0.05, 0.1) is 12.5 Å². The number of rotatable bonds is 7. The molecule has 0 aliphatic heterocycles. The van der Waals surface area contributed by atoms with Crippen LogP contribution in [0.4, 0.5) is 0 Å². The van der Waals surface area contributed by atoms with Gasteiger partial charge < -0.3 is 20.5 Å². The Balaban J connectivity index is 2.86. The number of carbonyl (C=O) groups is 2. The number of nitrogens with two attached hydrogens (primary N) is 1. The zero-order valence-electron chi connectivity index (χ0n) is 13.7. The molecule has 0 radical (unpaired) electrons. The molecule has 6 heteroatoms. The second kappa shape index (κ2) is 6.32. The Bertz CT molecular complexity index is 408. The summed E-state index contributed by atoms with van der Waals surface area (Å²) in [7, 11) is 0. The maximum Gasteiger partial charge on any atom is 0.305 e. The predicted molar refractivity (Wildman–Crippen MR) is 79.8 cm³/mol. The number of carboxylic acids is 1. The van der Waals surface area contributed by atoms with Crippen LogP contribution in [0.1, 0.15) is 47.5 Å². The van der Waals surface area contributed by atoms with Gasteiger partial charge in [-0.15, -0.1) is 0 Å². The third-order valence-corrected chi connectivity index (χ3v) is 4.66. The minimum Gasteiger partial charge on any atom is -0.481 e. The molecular weight excluding hydrogens is 272 g/mol. The molecule has 0 saturated heterocycles. The van der Waals surface area contributed by atoms with E-state index in [2.05, 4.69) is 0 Å². The molecule has 1 rings (SSSR count). The highest BCUT2D eigenvalue weighted by molar-refractivity contribution is 5.89. The molecule has 21 heavy (non-hydrogen) atoms. The lowest BCUT2D eigenvalue weighted by Gasteiger charge is -2.59. The van der Waals surface area contributed by atoms with Crippen LogP contribution in [0.2, 0.25) is 0 Å². The van der Waals surface area contributed by atoms with Crippen molar-refractivity contribution in [3.63, 3.8) is 0 Å². The smallest absolute Gasteiger partial charge is 0.305 e. The third-order valence-electron chi connectivity index (χ3n) is 4.66. The number of carboxylic acid groups (broad SMARTS) is 1. The maximum absolute atomic E-state index is 12.8. The van der Waals surface area contributed by atoms with Crippen molar-refractivity contribution in [1.29, 1.82) is 0 Å². The number of carbonyl (C=O) groups excluding carboxylic acids is 1. The first-order valence-corrected chi connectivity index (χ1v) is 7.51. The molecule has 6 nitrogen and oxygen atoms in total. The van der Waals surface area contributed by atoms with Gasteiger partial charge in [-0.05, 0) is 20.8 Å². The van der Waals surface area contributed by atoms with Crippen LogP contribution >= 0.6 is 0 Å². The van der Waals surface area contributed by atoms with Crippen LogP contribution in [0.15, 0.2) is 0 Å². The van der Waals surface area contributed by atoms with Gasteiger partial charge in [0.15, 0.2) is 0 Å². The van der Waals surface area contributed by atoms with Gasteiger partial charge in [0.25, 0.3) is 0 Å². The molecule has 2 atom stereocenters. The molecule has 0 spiro atoms. The van der Waals surface area contributed by atoms with Crippen molar-refractivity contribution < 1.29 is 19.4 Å². The van der Waals surface area contributed by atoms with Gasteiger partial charge in [-0.3, -0.25) is 9.59 Å². The van der Waals surface area contributed by atoms with Crippen molar-refractivity contribution in [2.24, 2.45) is 11.1 Å². The van der Waals surface area contributed by atoms with E-state index in [1.807, 2.05) is 34.6 Å². The number of ether oxygens (including phenoxy) is 1. The van der Waals surface area contributed by atoms with Crippen LogP contribution in [-0.2, 0) is 14.3 Å². The van der Waals surface area contributed by atoms with E-state index in [4.69, 9.17) is 15.6 Å². The number of hydrogen-bond donors (Lipinski definition) is 2. The van der Waals surface area contributed by atoms with Crippen LogP contribution in [0.25, 0.3) is 0 Å². The molecule has 1 aliphatic rings. The maximum atomic E-state index is 12.8. The van der Waals surface area contributed by atoms with Crippen LogP contribution in [0.5, 0.6) is 0 Å². The van der Waals surface area contributed by atoms with Crippen molar-refractivity contribution in [2.75, 3.05) is 13.2 Å². The Labute approximate surface area is 126 Å². The van der Waals surface area contributed by atoms with Gasteiger partial charge in [-0.25, -0.2) is 0 Å². The summed E-state index contributed by atoms with van der Waals surface area (Å²) in [6.07, 6.45) is 0.364. The third kappa shape index (κ3) is 3.21. The van der Waals surface area contributed by atoms with Gasteiger partial charge in [-0.1, -0.05) is 13.8 Å². The van der Waals surface area contributed by atoms with Gasteiger partial charge in [0.2, 0.25) is 5.91 Å². The highest BCUT2D eigenvalue weighted by atomic mass is 16.5. The monoisotopic (exact) mass is 300 g/mol. The first-order valence-electron chi connectivity index (χ1n) is 7.51. The Kier molecular flexibility index (Phi) is 5.39.